The Labute approximate surface area is 149 Å². The molecule has 7 nitrogen and oxygen atoms in total. The SMILES string of the molecule is NC(=O)c1ccc(CNC(=O)CCc2nc3ccccc3[nH]c2=O)cc1. The van der Waals surface area contributed by atoms with Crippen molar-refractivity contribution in [3.05, 3.63) is 75.7 Å². The molecule has 0 saturated heterocycles. The van der Waals surface area contributed by atoms with E-state index in [0.717, 1.165) is 5.56 Å². The van der Waals surface area contributed by atoms with Gasteiger partial charge in [-0.3, -0.25) is 14.4 Å². The van der Waals surface area contributed by atoms with Crippen molar-refractivity contribution in [3.8, 4) is 0 Å². The van der Waals surface area contributed by atoms with Crippen molar-refractivity contribution in [1.29, 1.82) is 0 Å². The predicted molar refractivity (Wildman–Crippen MR) is 97.5 cm³/mol. The summed E-state index contributed by atoms with van der Waals surface area (Å²) >= 11 is 0. The number of para-hydroxylation sites is 2. The molecule has 7 heteroatoms. The monoisotopic (exact) mass is 350 g/mol. The van der Waals surface area contributed by atoms with Crippen molar-refractivity contribution < 1.29 is 9.59 Å². The molecule has 0 spiro atoms. The molecule has 0 bridgehead atoms. The lowest BCUT2D eigenvalue weighted by Gasteiger charge is -2.06. The van der Waals surface area contributed by atoms with Gasteiger partial charge in [0.05, 0.1) is 11.0 Å². The molecule has 4 N–H and O–H groups in total. The first-order valence-corrected chi connectivity index (χ1v) is 8.16. The molecule has 0 aliphatic carbocycles. The van der Waals surface area contributed by atoms with Crippen LogP contribution in [0.4, 0.5) is 0 Å². The summed E-state index contributed by atoms with van der Waals surface area (Å²) in [6.45, 7) is 0.333. The van der Waals surface area contributed by atoms with Crippen molar-refractivity contribution in [2.45, 2.75) is 19.4 Å². The Kier molecular flexibility index (Phi) is 5.07. The van der Waals surface area contributed by atoms with E-state index in [1.54, 1.807) is 30.3 Å². The molecule has 0 unspecified atom stereocenters. The van der Waals surface area contributed by atoms with Gasteiger partial charge in [-0.2, -0.15) is 0 Å². The molecule has 0 aliphatic rings. The molecule has 0 radical (unpaired) electrons. The number of fused-ring (bicyclic) bond motifs is 1. The summed E-state index contributed by atoms with van der Waals surface area (Å²) in [7, 11) is 0. The number of aryl methyl sites for hydroxylation is 1. The Morgan fingerprint density at radius 2 is 1.81 bits per heavy atom. The molecule has 26 heavy (non-hydrogen) atoms. The van der Waals surface area contributed by atoms with Gasteiger partial charge in [0.2, 0.25) is 11.8 Å². The van der Waals surface area contributed by atoms with Crippen LogP contribution in [-0.4, -0.2) is 21.8 Å². The fraction of sp³-hybridized carbons (Fsp3) is 0.158. The van der Waals surface area contributed by atoms with Gasteiger partial charge in [0.1, 0.15) is 5.69 Å². The first kappa shape index (κ1) is 17.3. The third-order valence-corrected chi connectivity index (χ3v) is 3.99. The fourth-order valence-electron chi connectivity index (χ4n) is 2.54. The van der Waals surface area contributed by atoms with Gasteiger partial charge in [0.15, 0.2) is 0 Å². The van der Waals surface area contributed by atoms with E-state index < -0.39 is 5.91 Å². The van der Waals surface area contributed by atoms with Crippen LogP contribution in [0.2, 0.25) is 0 Å². The summed E-state index contributed by atoms with van der Waals surface area (Å²) in [4.78, 5) is 42.2. The van der Waals surface area contributed by atoms with Crippen LogP contribution in [0.15, 0.2) is 53.3 Å². The minimum absolute atomic E-state index is 0.161. The lowest BCUT2D eigenvalue weighted by molar-refractivity contribution is -0.121. The van der Waals surface area contributed by atoms with E-state index in [1.807, 2.05) is 18.2 Å². The van der Waals surface area contributed by atoms with Crippen LogP contribution >= 0.6 is 0 Å². The number of amides is 2. The molecule has 0 atom stereocenters. The Hall–Kier alpha value is -3.48. The zero-order valence-corrected chi connectivity index (χ0v) is 14.0. The third kappa shape index (κ3) is 4.13. The van der Waals surface area contributed by atoms with Gasteiger partial charge in [0, 0.05) is 24.9 Å². The van der Waals surface area contributed by atoms with E-state index in [4.69, 9.17) is 5.73 Å². The van der Waals surface area contributed by atoms with E-state index in [1.165, 1.54) is 0 Å². The molecular weight excluding hydrogens is 332 g/mol. The van der Waals surface area contributed by atoms with Gasteiger partial charge in [-0.15, -0.1) is 0 Å². The maximum absolute atomic E-state index is 12.0. The number of H-pyrrole nitrogens is 1. The Morgan fingerprint density at radius 1 is 1.08 bits per heavy atom. The van der Waals surface area contributed by atoms with Gasteiger partial charge in [-0.1, -0.05) is 24.3 Å². The van der Waals surface area contributed by atoms with E-state index in [9.17, 15) is 14.4 Å². The van der Waals surface area contributed by atoms with Crippen LogP contribution in [0, 0.1) is 0 Å². The lowest BCUT2D eigenvalue weighted by atomic mass is 10.1. The number of aromatic nitrogens is 2. The molecule has 3 aromatic rings. The van der Waals surface area contributed by atoms with Crippen molar-refractivity contribution in [2.75, 3.05) is 0 Å². The highest BCUT2D eigenvalue weighted by Crippen LogP contribution is 2.07. The van der Waals surface area contributed by atoms with Crippen molar-refractivity contribution >= 4 is 22.8 Å². The number of carbonyl (C=O) groups is 2. The second kappa shape index (κ2) is 7.60. The summed E-state index contributed by atoms with van der Waals surface area (Å²) in [5.41, 5.74) is 7.88. The molecule has 1 heterocycles. The molecular formula is C19H18N4O3. The van der Waals surface area contributed by atoms with Crippen LogP contribution in [0.1, 0.15) is 28.0 Å². The summed E-state index contributed by atoms with van der Waals surface area (Å²) in [5.74, 6) is -0.674. The summed E-state index contributed by atoms with van der Waals surface area (Å²) in [6, 6.07) is 13.9. The minimum Gasteiger partial charge on any atom is -0.366 e. The number of benzene rings is 2. The van der Waals surface area contributed by atoms with Crippen LogP contribution in [0.5, 0.6) is 0 Å². The summed E-state index contributed by atoms with van der Waals surface area (Å²) in [5, 5.41) is 2.78. The van der Waals surface area contributed by atoms with Gasteiger partial charge >= 0.3 is 0 Å². The highest BCUT2D eigenvalue weighted by molar-refractivity contribution is 5.92. The van der Waals surface area contributed by atoms with Crippen LogP contribution in [0.25, 0.3) is 11.0 Å². The van der Waals surface area contributed by atoms with E-state index in [2.05, 4.69) is 15.3 Å². The fourth-order valence-corrected chi connectivity index (χ4v) is 2.54. The molecule has 0 saturated carbocycles. The maximum Gasteiger partial charge on any atom is 0.270 e. The summed E-state index contributed by atoms with van der Waals surface area (Å²) in [6.07, 6.45) is 0.417. The van der Waals surface area contributed by atoms with Crippen molar-refractivity contribution in [1.82, 2.24) is 15.3 Å². The second-order valence-electron chi connectivity index (χ2n) is 5.87. The molecule has 2 aromatic carbocycles. The Balaban J connectivity index is 1.56. The molecule has 0 aliphatic heterocycles. The van der Waals surface area contributed by atoms with Gasteiger partial charge in [0.25, 0.3) is 5.56 Å². The number of carbonyl (C=O) groups excluding carboxylic acids is 2. The van der Waals surface area contributed by atoms with E-state index in [-0.39, 0.29) is 24.3 Å². The number of nitrogens with zero attached hydrogens (tertiary/aromatic N) is 1. The Bertz CT molecular complexity index is 1010. The van der Waals surface area contributed by atoms with Gasteiger partial charge < -0.3 is 16.0 Å². The van der Waals surface area contributed by atoms with Crippen molar-refractivity contribution in [3.63, 3.8) is 0 Å². The third-order valence-electron chi connectivity index (χ3n) is 3.99. The standard InChI is InChI=1S/C19H18N4O3/c20-18(25)13-7-5-12(6-8-13)11-21-17(24)10-9-16-19(26)23-15-4-2-1-3-14(15)22-16/h1-8H,9-11H2,(H2,20,25)(H,21,24)(H,23,26). The van der Waals surface area contributed by atoms with Crippen LogP contribution in [0.3, 0.4) is 0 Å². The zero-order chi connectivity index (χ0) is 18.5. The average molecular weight is 350 g/mol. The number of rotatable bonds is 6. The quantitative estimate of drug-likeness (QED) is 0.620. The van der Waals surface area contributed by atoms with E-state index >= 15 is 0 Å². The number of hydrogen-bond donors (Lipinski definition) is 3. The molecule has 1 aromatic heterocycles. The van der Waals surface area contributed by atoms with Gasteiger partial charge in [-0.25, -0.2) is 4.98 Å². The summed E-state index contributed by atoms with van der Waals surface area (Å²) < 4.78 is 0. The normalized spacial score (nSPS) is 10.6. The first-order chi connectivity index (χ1) is 12.5. The number of primary amides is 1. The smallest absolute Gasteiger partial charge is 0.270 e. The first-order valence-electron chi connectivity index (χ1n) is 8.16. The number of hydrogen-bond acceptors (Lipinski definition) is 4. The van der Waals surface area contributed by atoms with Crippen LogP contribution in [-0.2, 0) is 17.8 Å². The zero-order valence-electron chi connectivity index (χ0n) is 14.0. The largest absolute Gasteiger partial charge is 0.366 e. The van der Waals surface area contributed by atoms with Gasteiger partial charge in [-0.05, 0) is 29.8 Å². The van der Waals surface area contributed by atoms with E-state index in [0.29, 0.717) is 28.8 Å². The average Bonchev–Trinajstić information content (AvgIpc) is 2.65. The lowest BCUT2D eigenvalue weighted by Crippen LogP contribution is -2.24. The number of nitrogens with two attached hydrogens (primary N) is 1. The highest BCUT2D eigenvalue weighted by atomic mass is 16.2. The minimum atomic E-state index is -0.492. The van der Waals surface area contributed by atoms with Crippen molar-refractivity contribution in [2.24, 2.45) is 5.73 Å². The molecule has 2 amide bonds. The molecule has 3 rings (SSSR count). The van der Waals surface area contributed by atoms with Crippen LogP contribution < -0.4 is 16.6 Å². The topological polar surface area (TPSA) is 118 Å². The molecule has 132 valence electrons. The second-order valence-corrected chi connectivity index (χ2v) is 5.87. The molecule has 0 fully saturated rings. The predicted octanol–water partition coefficient (Wildman–Crippen LogP) is 1.27. The maximum atomic E-state index is 12.0. The Morgan fingerprint density at radius 3 is 2.54 bits per heavy atom. The highest BCUT2D eigenvalue weighted by Gasteiger charge is 2.08. The number of nitrogens with one attached hydrogen (secondary N) is 2. The number of aromatic amines is 1.